The van der Waals surface area contributed by atoms with Gasteiger partial charge in [-0.25, -0.2) is 14.2 Å². The third kappa shape index (κ3) is 6.10. The van der Waals surface area contributed by atoms with Crippen molar-refractivity contribution in [2.24, 2.45) is 7.05 Å². The van der Waals surface area contributed by atoms with Crippen molar-refractivity contribution in [2.45, 2.75) is 39.7 Å². The molecule has 2 aromatic heterocycles. The van der Waals surface area contributed by atoms with Crippen LogP contribution in [0.25, 0.3) is 16.9 Å². The molecule has 0 aliphatic carbocycles. The van der Waals surface area contributed by atoms with Crippen LogP contribution in [-0.2, 0) is 28.5 Å². The van der Waals surface area contributed by atoms with Crippen molar-refractivity contribution in [3.8, 4) is 22.7 Å². The number of amides is 1. The van der Waals surface area contributed by atoms with Crippen molar-refractivity contribution >= 4 is 35.1 Å². The number of rotatable bonds is 10. The Labute approximate surface area is 241 Å². The van der Waals surface area contributed by atoms with Gasteiger partial charge >= 0.3 is 5.97 Å². The van der Waals surface area contributed by atoms with Crippen molar-refractivity contribution in [3.63, 3.8) is 0 Å². The van der Waals surface area contributed by atoms with Gasteiger partial charge in [0.05, 0.1) is 28.5 Å². The molecule has 1 amide bonds. The number of hydrogen-bond donors (Lipinski definition) is 1. The van der Waals surface area contributed by atoms with Crippen LogP contribution in [0.15, 0.2) is 42.5 Å². The summed E-state index contributed by atoms with van der Waals surface area (Å²) in [6, 6.07) is 12.2. The van der Waals surface area contributed by atoms with Crippen molar-refractivity contribution in [2.75, 3.05) is 13.2 Å². The van der Waals surface area contributed by atoms with E-state index in [1.54, 1.807) is 49.0 Å². The van der Waals surface area contributed by atoms with Crippen molar-refractivity contribution in [1.29, 1.82) is 0 Å². The summed E-state index contributed by atoms with van der Waals surface area (Å²) in [6.07, 6.45) is 0.496. The zero-order valence-corrected chi connectivity index (χ0v) is 24.2. The monoisotopic (exact) mass is 585 g/mol. The van der Waals surface area contributed by atoms with Gasteiger partial charge in [-0.1, -0.05) is 30.1 Å². The quantitative estimate of drug-likeness (QED) is 0.269. The molecule has 4 rings (SSSR count). The number of esters is 1. The van der Waals surface area contributed by atoms with Crippen LogP contribution in [-0.4, -0.2) is 55.1 Å². The predicted molar refractivity (Wildman–Crippen MR) is 150 cm³/mol. The van der Waals surface area contributed by atoms with E-state index in [4.69, 9.17) is 37.8 Å². The highest BCUT2D eigenvalue weighted by molar-refractivity contribution is 6.35. The molecular formula is C27H29Cl2N7O4. The molecule has 0 aliphatic rings. The van der Waals surface area contributed by atoms with Gasteiger partial charge in [0.25, 0.3) is 5.91 Å². The third-order valence-corrected chi connectivity index (χ3v) is 6.62. The fourth-order valence-electron chi connectivity index (χ4n) is 4.30. The van der Waals surface area contributed by atoms with E-state index in [9.17, 15) is 9.59 Å². The Morgan fingerprint density at radius 2 is 1.80 bits per heavy atom. The molecule has 0 bridgehead atoms. The summed E-state index contributed by atoms with van der Waals surface area (Å²) in [5.41, 5.74) is 2.03. The number of hydrogen-bond acceptors (Lipinski definition) is 8. The Bertz CT molecular complexity index is 1530. The average Bonchev–Trinajstić information content (AvgIpc) is 3.52. The zero-order valence-electron chi connectivity index (χ0n) is 22.7. The molecule has 0 radical (unpaired) electrons. The van der Waals surface area contributed by atoms with Crippen LogP contribution in [0, 0.1) is 0 Å². The number of carbonyl (C=O) groups excluding carboxylic acids is 2. The first-order valence-corrected chi connectivity index (χ1v) is 13.3. The molecule has 210 valence electrons. The Hall–Kier alpha value is -3.96. The predicted octanol–water partition coefficient (Wildman–Crippen LogP) is 4.54. The van der Waals surface area contributed by atoms with Gasteiger partial charge in [0.1, 0.15) is 5.75 Å². The largest absolute Gasteiger partial charge is 0.482 e. The van der Waals surface area contributed by atoms with E-state index < -0.39 is 17.4 Å². The molecule has 1 N–H and O–H groups in total. The maximum absolute atomic E-state index is 13.7. The van der Waals surface area contributed by atoms with E-state index >= 15 is 0 Å². The van der Waals surface area contributed by atoms with E-state index in [0.717, 1.165) is 5.56 Å². The number of aryl methyl sites for hydroxylation is 1. The number of halogens is 2. The third-order valence-electron chi connectivity index (χ3n) is 6.08. The number of ether oxygens (including phenoxy) is 2. The van der Waals surface area contributed by atoms with Gasteiger partial charge in [0.15, 0.2) is 18.1 Å². The minimum absolute atomic E-state index is 0.202. The number of nitrogens with zero attached hydrogens (tertiary/aromatic N) is 6. The van der Waals surface area contributed by atoms with Crippen LogP contribution < -0.4 is 10.1 Å². The Morgan fingerprint density at radius 3 is 2.40 bits per heavy atom. The molecular weight excluding hydrogens is 557 g/mol. The lowest BCUT2D eigenvalue weighted by Crippen LogP contribution is -2.43. The molecule has 2 aromatic carbocycles. The molecule has 0 atom stereocenters. The standard InChI is InChI=1S/C27H29Cl2N7O4/c1-6-19-23(25(38)30-27(3,4)26-31-33-34-35(26)5)32-36(21-13-10-17(28)14-20(21)29)24(19)16-8-11-18(12-9-16)40-15-22(37)39-7-2/h8-14H,6-7,15H2,1-5H3,(H,30,38). The molecule has 40 heavy (non-hydrogen) atoms. The summed E-state index contributed by atoms with van der Waals surface area (Å²) in [4.78, 5) is 25.4. The number of benzene rings is 2. The van der Waals surface area contributed by atoms with Gasteiger partial charge in [-0.3, -0.25) is 4.79 Å². The fraction of sp³-hybridized carbons (Fsp3) is 0.333. The van der Waals surface area contributed by atoms with Gasteiger partial charge in [0, 0.05) is 23.2 Å². The second kappa shape index (κ2) is 12.1. The van der Waals surface area contributed by atoms with Gasteiger partial charge < -0.3 is 14.8 Å². The van der Waals surface area contributed by atoms with Gasteiger partial charge in [0.2, 0.25) is 0 Å². The minimum Gasteiger partial charge on any atom is -0.482 e. The number of carbonyl (C=O) groups is 2. The minimum atomic E-state index is -0.889. The normalized spacial score (nSPS) is 11.4. The molecule has 2 heterocycles. The molecule has 0 aliphatic heterocycles. The second-order valence-electron chi connectivity index (χ2n) is 9.36. The fourth-order valence-corrected chi connectivity index (χ4v) is 4.79. The van der Waals surface area contributed by atoms with E-state index in [2.05, 4.69) is 20.8 Å². The first-order chi connectivity index (χ1) is 19.1. The molecule has 13 heteroatoms. The van der Waals surface area contributed by atoms with Crippen LogP contribution in [0.4, 0.5) is 0 Å². The lowest BCUT2D eigenvalue weighted by atomic mass is 10.0. The highest BCUT2D eigenvalue weighted by Gasteiger charge is 2.32. The first-order valence-electron chi connectivity index (χ1n) is 12.6. The highest BCUT2D eigenvalue weighted by atomic mass is 35.5. The van der Waals surface area contributed by atoms with Gasteiger partial charge in [-0.15, -0.1) is 5.10 Å². The van der Waals surface area contributed by atoms with E-state index in [1.165, 1.54) is 4.68 Å². The summed E-state index contributed by atoms with van der Waals surface area (Å²) < 4.78 is 13.6. The van der Waals surface area contributed by atoms with E-state index in [1.807, 2.05) is 32.9 Å². The molecule has 0 unspecified atom stereocenters. The van der Waals surface area contributed by atoms with Crippen molar-refractivity contribution < 1.29 is 19.1 Å². The highest BCUT2D eigenvalue weighted by Crippen LogP contribution is 2.34. The topological polar surface area (TPSA) is 126 Å². The van der Waals surface area contributed by atoms with Crippen LogP contribution >= 0.6 is 23.2 Å². The summed E-state index contributed by atoms with van der Waals surface area (Å²) in [5, 5.41) is 20.2. The summed E-state index contributed by atoms with van der Waals surface area (Å²) in [5.74, 6) is 0.121. The smallest absolute Gasteiger partial charge is 0.344 e. The van der Waals surface area contributed by atoms with Crippen LogP contribution in [0.1, 0.15) is 49.6 Å². The van der Waals surface area contributed by atoms with Gasteiger partial charge in [-0.2, -0.15) is 5.10 Å². The first kappa shape index (κ1) is 29.0. The van der Waals surface area contributed by atoms with Gasteiger partial charge in [-0.05, 0) is 80.1 Å². The van der Waals surface area contributed by atoms with Crippen molar-refractivity contribution in [1.82, 2.24) is 35.3 Å². The maximum Gasteiger partial charge on any atom is 0.344 e. The summed E-state index contributed by atoms with van der Waals surface area (Å²) in [6.45, 7) is 7.38. The molecule has 11 nitrogen and oxygen atoms in total. The Morgan fingerprint density at radius 1 is 1.07 bits per heavy atom. The Kier molecular flexibility index (Phi) is 8.75. The van der Waals surface area contributed by atoms with Crippen molar-refractivity contribution in [3.05, 3.63) is 69.6 Å². The zero-order chi connectivity index (χ0) is 29.0. The number of nitrogens with one attached hydrogen (secondary N) is 1. The lowest BCUT2D eigenvalue weighted by molar-refractivity contribution is -0.145. The average molecular weight is 586 g/mol. The second-order valence-corrected chi connectivity index (χ2v) is 10.2. The number of aromatic nitrogens is 6. The molecule has 0 saturated heterocycles. The SMILES string of the molecule is CCOC(=O)COc1ccc(-c2c(CC)c(C(=O)NC(C)(C)c3nnnn3C)nn2-c2ccc(Cl)cc2Cl)cc1. The van der Waals surface area contributed by atoms with E-state index in [-0.39, 0.29) is 18.9 Å². The number of tetrazole rings is 1. The molecule has 0 fully saturated rings. The Balaban J connectivity index is 1.77. The molecule has 0 spiro atoms. The van der Waals surface area contributed by atoms with Crippen LogP contribution in [0.3, 0.4) is 0 Å². The molecule has 0 saturated carbocycles. The summed E-state index contributed by atoms with van der Waals surface area (Å²) >= 11 is 12.7. The van der Waals surface area contributed by atoms with E-state index in [0.29, 0.717) is 45.0 Å². The van der Waals surface area contributed by atoms with Crippen LogP contribution in [0.5, 0.6) is 5.75 Å². The van der Waals surface area contributed by atoms with Crippen LogP contribution in [0.2, 0.25) is 10.0 Å². The molecule has 4 aromatic rings. The summed E-state index contributed by atoms with van der Waals surface area (Å²) in [7, 11) is 1.70. The maximum atomic E-state index is 13.7. The lowest BCUT2D eigenvalue weighted by Gasteiger charge is -2.24.